The first-order valence-corrected chi connectivity index (χ1v) is 8.16. The number of benzene rings is 2. The molecule has 2 aromatic heterocycles. The maximum absolute atomic E-state index is 14.3. The van der Waals surface area contributed by atoms with Crippen LogP contribution >= 0.6 is 0 Å². The van der Waals surface area contributed by atoms with Gasteiger partial charge >= 0.3 is 5.97 Å². The van der Waals surface area contributed by atoms with Gasteiger partial charge in [0.05, 0.1) is 19.2 Å². The van der Waals surface area contributed by atoms with E-state index in [1.807, 2.05) is 41.0 Å². The van der Waals surface area contributed by atoms with Gasteiger partial charge in [0.1, 0.15) is 6.26 Å². The fraction of sp³-hybridized carbons (Fsp3) is 0.100. The van der Waals surface area contributed by atoms with Gasteiger partial charge in [-0.2, -0.15) is 0 Å². The Bertz CT molecular complexity index is 1130. The first kappa shape index (κ1) is 16.8. The highest BCUT2D eigenvalue weighted by atomic mass is 19.1. The molecule has 6 nitrogen and oxygen atoms in total. The lowest BCUT2D eigenvalue weighted by Crippen LogP contribution is -2.04. The van der Waals surface area contributed by atoms with Gasteiger partial charge in [0.25, 0.3) is 0 Å². The summed E-state index contributed by atoms with van der Waals surface area (Å²) in [5, 5.41) is 9.82. The zero-order valence-corrected chi connectivity index (χ0v) is 14.3. The van der Waals surface area contributed by atoms with E-state index in [4.69, 9.17) is 14.3 Å². The van der Waals surface area contributed by atoms with Crippen LogP contribution in [0.1, 0.15) is 16.4 Å². The molecule has 7 heteroatoms. The Morgan fingerprint density at radius 1 is 1.26 bits per heavy atom. The van der Waals surface area contributed by atoms with E-state index in [1.165, 1.54) is 13.2 Å². The second kappa shape index (κ2) is 6.60. The first-order valence-electron chi connectivity index (χ1n) is 8.16. The molecule has 0 aliphatic carbocycles. The monoisotopic (exact) mass is 366 g/mol. The third-order valence-corrected chi connectivity index (χ3v) is 4.31. The number of carbonyl (C=O) groups is 1. The minimum absolute atomic E-state index is 0.156. The molecule has 0 fully saturated rings. The van der Waals surface area contributed by atoms with Gasteiger partial charge in [-0.15, -0.1) is 0 Å². The number of nitrogens with zero attached hydrogens (tertiary/aromatic N) is 2. The van der Waals surface area contributed by atoms with E-state index in [0.29, 0.717) is 5.52 Å². The number of hydrogen-bond acceptors (Lipinski definition) is 4. The minimum atomic E-state index is -1.17. The van der Waals surface area contributed by atoms with E-state index in [1.54, 1.807) is 6.07 Å². The summed E-state index contributed by atoms with van der Waals surface area (Å²) in [6.45, 7) is 0.160. The number of carboxylic acid groups (broad SMARTS) is 1. The van der Waals surface area contributed by atoms with Crippen molar-refractivity contribution in [2.24, 2.45) is 0 Å². The lowest BCUT2D eigenvalue weighted by atomic mass is 10.1. The van der Waals surface area contributed by atoms with Gasteiger partial charge in [-0.1, -0.05) is 30.3 Å². The third-order valence-electron chi connectivity index (χ3n) is 4.31. The van der Waals surface area contributed by atoms with E-state index >= 15 is 0 Å². The number of methoxy groups -OCH3 is 1. The van der Waals surface area contributed by atoms with Crippen molar-refractivity contribution < 1.29 is 23.4 Å². The molecule has 2 heterocycles. The molecule has 0 saturated carbocycles. The minimum Gasteiger partial charge on any atom is -0.494 e. The Morgan fingerprint density at radius 2 is 2.04 bits per heavy atom. The summed E-state index contributed by atoms with van der Waals surface area (Å²) >= 11 is 0. The van der Waals surface area contributed by atoms with Crippen molar-refractivity contribution in [2.45, 2.75) is 6.54 Å². The number of halogens is 1. The van der Waals surface area contributed by atoms with Crippen molar-refractivity contribution in [2.75, 3.05) is 7.11 Å². The van der Waals surface area contributed by atoms with Crippen LogP contribution < -0.4 is 4.74 Å². The van der Waals surface area contributed by atoms with Crippen LogP contribution in [0.5, 0.6) is 5.75 Å². The van der Waals surface area contributed by atoms with Crippen LogP contribution in [0.2, 0.25) is 0 Å². The highest BCUT2D eigenvalue weighted by Gasteiger charge is 2.17. The fourth-order valence-corrected chi connectivity index (χ4v) is 3.05. The predicted octanol–water partition coefficient (Wildman–Crippen LogP) is 4.19. The molecular formula is C20H15FN2O4. The molecule has 0 atom stereocenters. The Hall–Kier alpha value is -3.61. The van der Waals surface area contributed by atoms with Crippen molar-refractivity contribution in [3.05, 3.63) is 72.2 Å². The number of fused-ring (bicyclic) bond motifs is 1. The van der Waals surface area contributed by atoms with Crippen molar-refractivity contribution in [1.29, 1.82) is 0 Å². The molecular weight excluding hydrogens is 351 g/mol. The second-order valence-electron chi connectivity index (χ2n) is 5.96. The summed E-state index contributed by atoms with van der Waals surface area (Å²) in [5.41, 5.74) is 2.21. The first-order chi connectivity index (χ1) is 13.1. The molecule has 0 amide bonds. The maximum atomic E-state index is 14.3. The number of hydrogen-bond donors (Lipinski definition) is 1. The predicted molar refractivity (Wildman–Crippen MR) is 96.4 cm³/mol. The van der Waals surface area contributed by atoms with Gasteiger partial charge in [0, 0.05) is 17.1 Å². The van der Waals surface area contributed by atoms with Crippen molar-refractivity contribution in [3.8, 4) is 17.0 Å². The normalized spacial score (nSPS) is 11.0. The molecule has 27 heavy (non-hydrogen) atoms. The molecule has 0 radical (unpaired) electrons. The van der Waals surface area contributed by atoms with Crippen LogP contribution in [0.4, 0.5) is 4.39 Å². The van der Waals surface area contributed by atoms with Gasteiger partial charge in [0.2, 0.25) is 5.89 Å². The molecule has 1 N–H and O–H groups in total. The summed E-state index contributed by atoms with van der Waals surface area (Å²) in [5.74, 6) is -1.27. The van der Waals surface area contributed by atoms with E-state index in [-0.39, 0.29) is 23.9 Å². The van der Waals surface area contributed by atoms with Crippen LogP contribution in [-0.2, 0) is 6.54 Å². The molecule has 4 rings (SSSR count). The molecule has 0 saturated heterocycles. The van der Waals surface area contributed by atoms with Gasteiger partial charge in [-0.25, -0.2) is 14.2 Å². The molecule has 0 spiro atoms. The largest absolute Gasteiger partial charge is 0.494 e. The Balaban J connectivity index is 1.89. The highest BCUT2D eigenvalue weighted by Crippen LogP contribution is 2.32. The highest BCUT2D eigenvalue weighted by molar-refractivity contribution is 5.88. The summed E-state index contributed by atoms with van der Waals surface area (Å²) in [6.07, 6.45) is 1.09. The number of oxazole rings is 1. The molecule has 0 unspecified atom stereocenters. The number of aromatic carboxylic acids is 1. The molecule has 0 bridgehead atoms. The van der Waals surface area contributed by atoms with Crippen molar-refractivity contribution >= 4 is 16.9 Å². The van der Waals surface area contributed by atoms with Crippen LogP contribution in [0.3, 0.4) is 0 Å². The molecule has 2 aromatic carbocycles. The zero-order chi connectivity index (χ0) is 19.0. The molecule has 0 aliphatic heterocycles. The third kappa shape index (κ3) is 3.03. The van der Waals surface area contributed by atoms with Crippen molar-refractivity contribution in [3.63, 3.8) is 0 Å². The van der Waals surface area contributed by atoms with Crippen LogP contribution in [0.15, 0.2) is 59.2 Å². The smallest absolute Gasteiger partial charge is 0.357 e. The quantitative estimate of drug-likeness (QED) is 0.573. The van der Waals surface area contributed by atoms with Gasteiger partial charge in [-0.05, 0) is 17.7 Å². The number of rotatable bonds is 5. The van der Waals surface area contributed by atoms with Crippen molar-refractivity contribution in [1.82, 2.24) is 9.55 Å². The summed E-state index contributed by atoms with van der Waals surface area (Å²) in [4.78, 5) is 15.0. The second-order valence-corrected chi connectivity index (χ2v) is 5.96. The lowest BCUT2D eigenvalue weighted by Gasteiger charge is -2.09. The topological polar surface area (TPSA) is 77.5 Å². The van der Waals surface area contributed by atoms with E-state index < -0.39 is 11.8 Å². The Morgan fingerprint density at radius 3 is 2.70 bits per heavy atom. The lowest BCUT2D eigenvalue weighted by molar-refractivity contribution is 0.0690. The molecule has 136 valence electrons. The molecule has 0 aliphatic rings. The summed E-state index contributed by atoms with van der Waals surface area (Å²) < 4.78 is 26.5. The van der Waals surface area contributed by atoms with Gasteiger partial charge in [0.15, 0.2) is 17.3 Å². The number of carboxylic acids is 1. The summed E-state index contributed by atoms with van der Waals surface area (Å²) in [6, 6.07) is 14.6. The Kier molecular flexibility index (Phi) is 4.12. The average Bonchev–Trinajstić information content (AvgIpc) is 3.27. The van der Waals surface area contributed by atoms with Crippen LogP contribution in [0.25, 0.3) is 22.2 Å². The van der Waals surface area contributed by atoms with Gasteiger partial charge in [-0.3, -0.25) is 0 Å². The average molecular weight is 366 g/mol. The summed E-state index contributed by atoms with van der Waals surface area (Å²) in [7, 11) is 1.42. The Labute approximate surface area is 153 Å². The van der Waals surface area contributed by atoms with Crippen LogP contribution in [0, 0.1) is 5.82 Å². The fourth-order valence-electron chi connectivity index (χ4n) is 3.05. The zero-order valence-electron chi connectivity index (χ0n) is 14.3. The van der Waals surface area contributed by atoms with E-state index in [9.17, 15) is 9.18 Å². The van der Waals surface area contributed by atoms with E-state index in [0.717, 1.165) is 22.9 Å². The van der Waals surface area contributed by atoms with Crippen LogP contribution in [-0.4, -0.2) is 27.7 Å². The molecule has 4 aromatic rings. The number of aromatic nitrogens is 2. The number of ether oxygens (including phenoxy) is 1. The SMILES string of the molecule is COc1cc2cc(-c3ccccc3)n(Cc3nc(C(=O)O)co3)c2cc1F. The van der Waals surface area contributed by atoms with E-state index in [2.05, 4.69) is 4.98 Å². The standard InChI is InChI=1S/C20H15FN2O4/c1-26-18-8-13-7-16(12-5-3-2-4-6-12)23(17(13)9-14(18)21)10-19-22-15(11-27-19)20(24)25/h2-9,11H,10H2,1H3,(H,24,25). The van der Waals surface area contributed by atoms with Gasteiger partial charge < -0.3 is 18.8 Å². The maximum Gasteiger partial charge on any atom is 0.357 e.